The summed E-state index contributed by atoms with van der Waals surface area (Å²) in [6, 6.07) is 0.116. The SMILES string of the molecule is NS(=O)(=O)N1CCC(NCCO)C1. The highest BCUT2D eigenvalue weighted by Gasteiger charge is 2.28. The Labute approximate surface area is 77.9 Å². The van der Waals surface area contributed by atoms with Crippen molar-refractivity contribution in [1.82, 2.24) is 9.62 Å². The van der Waals surface area contributed by atoms with Crippen molar-refractivity contribution in [3.05, 3.63) is 0 Å². The lowest BCUT2D eigenvalue weighted by Crippen LogP contribution is -2.39. The van der Waals surface area contributed by atoms with Crippen molar-refractivity contribution in [2.24, 2.45) is 5.14 Å². The monoisotopic (exact) mass is 209 g/mol. The summed E-state index contributed by atoms with van der Waals surface area (Å²) in [5.41, 5.74) is 0. The van der Waals surface area contributed by atoms with Crippen LogP contribution in [0.5, 0.6) is 0 Å². The van der Waals surface area contributed by atoms with E-state index in [1.807, 2.05) is 0 Å². The van der Waals surface area contributed by atoms with Gasteiger partial charge in [0.2, 0.25) is 0 Å². The minimum atomic E-state index is -3.53. The molecule has 13 heavy (non-hydrogen) atoms. The third-order valence-corrected chi connectivity index (χ3v) is 3.11. The predicted molar refractivity (Wildman–Crippen MR) is 48.2 cm³/mol. The molecule has 78 valence electrons. The van der Waals surface area contributed by atoms with E-state index < -0.39 is 10.2 Å². The Balaban J connectivity index is 2.37. The molecule has 0 spiro atoms. The van der Waals surface area contributed by atoms with Crippen molar-refractivity contribution in [1.29, 1.82) is 0 Å². The molecule has 4 N–H and O–H groups in total. The van der Waals surface area contributed by atoms with Gasteiger partial charge in [-0.05, 0) is 6.42 Å². The lowest BCUT2D eigenvalue weighted by molar-refractivity contribution is 0.285. The Bertz CT molecular complexity index is 254. The number of hydrogen-bond donors (Lipinski definition) is 3. The van der Waals surface area contributed by atoms with Crippen LogP contribution in [0.2, 0.25) is 0 Å². The predicted octanol–water partition coefficient (Wildman–Crippen LogP) is -2.15. The van der Waals surface area contributed by atoms with Crippen molar-refractivity contribution < 1.29 is 13.5 Å². The molecular formula is C6H15N3O3S. The summed E-state index contributed by atoms with van der Waals surface area (Å²) >= 11 is 0. The fourth-order valence-electron chi connectivity index (χ4n) is 1.39. The molecule has 0 bridgehead atoms. The Morgan fingerprint density at radius 2 is 2.31 bits per heavy atom. The first-order valence-corrected chi connectivity index (χ1v) is 5.66. The van der Waals surface area contributed by atoms with E-state index >= 15 is 0 Å². The van der Waals surface area contributed by atoms with Crippen molar-refractivity contribution in [3.8, 4) is 0 Å². The number of rotatable bonds is 4. The zero-order chi connectivity index (χ0) is 9.90. The van der Waals surface area contributed by atoms with Crippen LogP contribution < -0.4 is 10.5 Å². The standard InChI is InChI=1S/C6H15N3O3S/c7-13(11,12)9-3-1-6(5-9)8-2-4-10/h6,8,10H,1-5H2,(H2,7,11,12). The fraction of sp³-hybridized carbons (Fsp3) is 1.00. The van der Waals surface area contributed by atoms with Crippen molar-refractivity contribution >= 4 is 10.2 Å². The van der Waals surface area contributed by atoms with Gasteiger partial charge >= 0.3 is 0 Å². The second-order valence-corrected chi connectivity index (χ2v) is 4.61. The third kappa shape index (κ3) is 3.20. The second kappa shape index (κ2) is 4.34. The van der Waals surface area contributed by atoms with Crippen LogP contribution in [-0.4, -0.2) is 50.1 Å². The lowest BCUT2D eigenvalue weighted by atomic mass is 10.3. The maximum absolute atomic E-state index is 10.9. The highest BCUT2D eigenvalue weighted by atomic mass is 32.2. The maximum Gasteiger partial charge on any atom is 0.276 e. The summed E-state index contributed by atoms with van der Waals surface area (Å²) in [7, 11) is -3.53. The summed E-state index contributed by atoms with van der Waals surface area (Å²) in [4.78, 5) is 0. The van der Waals surface area contributed by atoms with Gasteiger partial charge in [0.1, 0.15) is 0 Å². The number of nitrogens with one attached hydrogen (secondary N) is 1. The maximum atomic E-state index is 10.9. The molecule has 0 aliphatic carbocycles. The Morgan fingerprint density at radius 1 is 1.62 bits per heavy atom. The highest BCUT2D eigenvalue weighted by molar-refractivity contribution is 7.86. The Morgan fingerprint density at radius 3 is 2.77 bits per heavy atom. The van der Waals surface area contributed by atoms with E-state index in [1.165, 1.54) is 4.31 Å². The first-order chi connectivity index (χ1) is 6.04. The van der Waals surface area contributed by atoms with E-state index in [0.29, 0.717) is 19.6 Å². The molecule has 0 amide bonds. The molecule has 0 saturated carbocycles. The van der Waals surface area contributed by atoms with Crippen molar-refractivity contribution in [2.75, 3.05) is 26.2 Å². The van der Waals surface area contributed by atoms with Gasteiger partial charge in [-0.25, -0.2) is 5.14 Å². The smallest absolute Gasteiger partial charge is 0.276 e. The van der Waals surface area contributed by atoms with Gasteiger partial charge in [0, 0.05) is 25.7 Å². The van der Waals surface area contributed by atoms with E-state index in [4.69, 9.17) is 10.2 Å². The minimum absolute atomic E-state index is 0.0614. The average Bonchev–Trinajstić information content (AvgIpc) is 2.47. The molecule has 1 fully saturated rings. The van der Waals surface area contributed by atoms with Gasteiger partial charge in [-0.1, -0.05) is 0 Å². The van der Waals surface area contributed by atoms with Gasteiger partial charge in [-0.3, -0.25) is 0 Å². The molecule has 1 unspecified atom stereocenters. The topological polar surface area (TPSA) is 95.7 Å². The minimum Gasteiger partial charge on any atom is -0.395 e. The lowest BCUT2D eigenvalue weighted by Gasteiger charge is -2.13. The van der Waals surface area contributed by atoms with Crippen LogP contribution in [0.3, 0.4) is 0 Å². The molecule has 6 nitrogen and oxygen atoms in total. The van der Waals surface area contributed by atoms with Gasteiger partial charge in [0.25, 0.3) is 10.2 Å². The number of nitrogens with two attached hydrogens (primary N) is 1. The molecule has 1 aliphatic heterocycles. The average molecular weight is 209 g/mol. The van der Waals surface area contributed by atoms with E-state index in [-0.39, 0.29) is 12.6 Å². The zero-order valence-electron chi connectivity index (χ0n) is 7.31. The number of aliphatic hydroxyl groups excluding tert-OH is 1. The van der Waals surface area contributed by atoms with E-state index in [2.05, 4.69) is 5.32 Å². The first-order valence-electron chi connectivity index (χ1n) is 4.16. The molecule has 7 heteroatoms. The quantitative estimate of drug-likeness (QED) is 0.492. The van der Waals surface area contributed by atoms with Crippen LogP contribution in [0.4, 0.5) is 0 Å². The zero-order valence-corrected chi connectivity index (χ0v) is 8.13. The van der Waals surface area contributed by atoms with Crippen LogP contribution >= 0.6 is 0 Å². The molecule has 1 heterocycles. The summed E-state index contributed by atoms with van der Waals surface area (Å²) < 4.78 is 23.0. The van der Waals surface area contributed by atoms with Crippen LogP contribution in [0.1, 0.15) is 6.42 Å². The van der Waals surface area contributed by atoms with E-state index in [0.717, 1.165) is 6.42 Å². The van der Waals surface area contributed by atoms with Gasteiger partial charge in [-0.2, -0.15) is 12.7 Å². The highest BCUT2D eigenvalue weighted by Crippen LogP contribution is 2.10. The molecule has 1 atom stereocenters. The first kappa shape index (κ1) is 10.9. The molecule has 1 rings (SSSR count). The number of aliphatic hydroxyl groups is 1. The summed E-state index contributed by atoms with van der Waals surface area (Å²) in [6.07, 6.45) is 0.746. The van der Waals surface area contributed by atoms with Gasteiger partial charge in [0.15, 0.2) is 0 Å². The number of hydrogen-bond acceptors (Lipinski definition) is 4. The van der Waals surface area contributed by atoms with Crippen LogP contribution in [0.25, 0.3) is 0 Å². The van der Waals surface area contributed by atoms with Crippen molar-refractivity contribution in [3.63, 3.8) is 0 Å². The molecule has 0 aromatic carbocycles. The van der Waals surface area contributed by atoms with Gasteiger partial charge < -0.3 is 10.4 Å². The second-order valence-electron chi connectivity index (χ2n) is 3.07. The van der Waals surface area contributed by atoms with E-state index in [1.54, 1.807) is 0 Å². The molecule has 0 aromatic rings. The summed E-state index contributed by atoms with van der Waals surface area (Å²) in [6.45, 7) is 1.41. The molecule has 1 aliphatic rings. The molecule has 0 radical (unpaired) electrons. The van der Waals surface area contributed by atoms with Gasteiger partial charge in [-0.15, -0.1) is 0 Å². The Kier molecular flexibility index (Phi) is 3.63. The largest absolute Gasteiger partial charge is 0.395 e. The fourth-order valence-corrected chi connectivity index (χ4v) is 2.14. The Hall–Kier alpha value is -0.210. The van der Waals surface area contributed by atoms with Gasteiger partial charge in [0.05, 0.1) is 6.61 Å². The summed E-state index contributed by atoms with van der Waals surface area (Å²) in [5.74, 6) is 0. The molecular weight excluding hydrogens is 194 g/mol. The number of nitrogens with zero attached hydrogens (tertiary/aromatic N) is 1. The van der Waals surface area contributed by atoms with Crippen molar-refractivity contribution in [2.45, 2.75) is 12.5 Å². The summed E-state index contributed by atoms with van der Waals surface area (Å²) in [5, 5.41) is 16.5. The third-order valence-electron chi connectivity index (χ3n) is 2.06. The van der Waals surface area contributed by atoms with Crippen LogP contribution in [0, 0.1) is 0 Å². The normalized spacial score (nSPS) is 25.2. The molecule has 1 saturated heterocycles. The van der Waals surface area contributed by atoms with Crippen LogP contribution in [-0.2, 0) is 10.2 Å². The van der Waals surface area contributed by atoms with Crippen LogP contribution in [0.15, 0.2) is 0 Å². The molecule has 0 aromatic heterocycles. The van der Waals surface area contributed by atoms with E-state index in [9.17, 15) is 8.42 Å².